The Morgan fingerprint density at radius 3 is 2.58 bits per heavy atom. The maximum absolute atomic E-state index is 13.8. The number of rotatable bonds is 5. The molecular weight excluding hydrogens is 520 g/mol. The molecule has 3 aromatic heterocycles. The Balaban J connectivity index is 1.19. The molecule has 9 heteroatoms. The summed E-state index contributed by atoms with van der Waals surface area (Å²) in [5.41, 5.74) is 2.10. The SMILES string of the molecule is CC(C)c1nc(N2CCN(C(=O)[C@H]3CC=CC[C@@H]3C(=O)Nc3cccnc3)CC2)c2c3c(sc2n1)C[C@H](C)CC3. The number of hydrogen-bond acceptors (Lipinski definition) is 7. The molecule has 3 aromatic rings. The summed E-state index contributed by atoms with van der Waals surface area (Å²) in [5, 5.41) is 4.19. The number of nitrogens with zero attached hydrogens (tertiary/aromatic N) is 5. The Kier molecular flexibility index (Phi) is 7.57. The molecular formula is C31H38N6O2S. The third kappa shape index (κ3) is 5.23. The molecule has 0 bridgehead atoms. The van der Waals surface area contributed by atoms with Crippen molar-refractivity contribution in [3.8, 4) is 0 Å². The predicted octanol–water partition coefficient (Wildman–Crippen LogP) is 5.20. The smallest absolute Gasteiger partial charge is 0.228 e. The quantitative estimate of drug-likeness (QED) is 0.433. The van der Waals surface area contributed by atoms with Crippen LogP contribution in [0.1, 0.15) is 62.2 Å². The largest absolute Gasteiger partial charge is 0.352 e. The molecule has 0 unspecified atom stereocenters. The van der Waals surface area contributed by atoms with E-state index in [-0.39, 0.29) is 29.6 Å². The van der Waals surface area contributed by atoms with Crippen LogP contribution >= 0.6 is 11.3 Å². The Bertz CT molecular complexity index is 1430. The number of aromatic nitrogens is 3. The van der Waals surface area contributed by atoms with E-state index in [9.17, 15) is 9.59 Å². The molecule has 0 radical (unpaired) electrons. The highest BCUT2D eigenvalue weighted by atomic mass is 32.1. The van der Waals surface area contributed by atoms with Crippen LogP contribution in [-0.4, -0.2) is 57.8 Å². The molecule has 1 fully saturated rings. The average molecular weight is 559 g/mol. The number of nitrogens with one attached hydrogen (secondary N) is 1. The molecule has 0 aromatic carbocycles. The molecule has 3 atom stereocenters. The van der Waals surface area contributed by atoms with Crippen LogP contribution in [0.2, 0.25) is 0 Å². The molecule has 210 valence electrons. The van der Waals surface area contributed by atoms with Crippen molar-refractivity contribution in [1.82, 2.24) is 19.9 Å². The third-order valence-corrected chi connectivity index (χ3v) is 9.72. The van der Waals surface area contributed by atoms with Gasteiger partial charge >= 0.3 is 0 Å². The summed E-state index contributed by atoms with van der Waals surface area (Å²) in [6, 6.07) is 3.61. The second-order valence-electron chi connectivity index (χ2n) is 11.8. The molecule has 0 saturated carbocycles. The van der Waals surface area contributed by atoms with E-state index in [1.54, 1.807) is 18.5 Å². The minimum absolute atomic E-state index is 0.0768. The molecule has 0 spiro atoms. The number of fused-ring (bicyclic) bond motifs is 3. The lowest BCUT2D eigenvalue weighted by molar-refractivity contribution is -0.141. The molecule has 1 aliphatic heterocycles. The molecule has 1 N–H and O–H groups in total. The van der Waals surface area contributed by atoms with Gasteiger partial charge in [-0.2, -0.15) is 0 Å². The third-order valence-electron chi connectivity index (χ3n) is 8.58. The van der Waals surface area contributed by atoms with Crippen LogP contribution in [0.25, 0.3) is 10.2 Å². The van der Waals surface area contributed by atoms with Gasteiger partial charge in [-0.25, -0.2) is 9.97 Å². The summed E-state index contributed by atoms with van der Waals surface area (Å²) in [6.07, 6.45) is 11.9. The number of carbonyl (C=O) groups excluding carboxylic acids is 2. The van der Waals surface area contributed by atoms with Gasteiger partial charge in [0, 0.05) is 43.2 Å². The second-order valence-corrected chi connectivity index (χ2v) is 12.9. The van der Waals surface area contributed by atoms with Crippen LogP contribution in [0, 0.1) is 17.8 Å². The Morgan fingerprint density at radius 1 is 1.07 bits per heavy atom. The van der Waals surface area contributed by atoms with Crippen molar-refractivity contribution >= 4 is 44.9 Å². The number of allylic oxidation sites excluding steroid dienone is 2. The van der Waals surface area contributed by atoms with E-state index in [0.29, 0.717) is 37.5 Å². The molecule has 40 heavy (non-hydrogen) atoms. The van der Waals surface area contributed by atoms with Crippen molar-refractivity contribution in [3.05, 3.63) is 52.9 Å². The molecule has 4 heterocycles. The van der Waals surface area contributed by atoms with Gasteiger partial charge < -0.3 is 15.1 Å². The molecule has 6 rings (SSSR count). The van der Waals surface area contributed by atoms with Crippen molar-refractivity contribution in [2.75, 3.05) is 36.4 Å². The van der Waals surface area contributed by atoms with Gasteiger partial charge in [0.15, 0.2) is 0 Å². The summed E-state index contributed by atoms with van der Waals surface area (Å²) in [4.78, 5) is 48.0. The number of piperazine rings is 1. The van der Waals surface area contributed by atoms with E-state index < -0.39 is 0 Å². The van der Waals surface area contributed by atoms with Gasteiger partial charge in [0.1, 0.15) is 16.5 Å². The lowest BCUT2D eigenvalue weighted by Gasteiger charge is -2.39. The summed E-state index contributed by atoms with van der Waals surface area (Å²) in [5.74, 6) is 2.12. The predicted molar refractivity (Wildman–Crippen MR) is 160 cm³/mol. The van der Waals surface area contributed by atoms with Gasteiger partial charge in [-0.05, 0) is 55.7 Å². The highest BCUT2D eigenvalue weighted by Crippen LogP contribution is 2.42. The Labute approximate surface area is 239 Å². The van der Waals surface area contributed by atoms with E-state index >= 15 is 0 Å². The molecule has 1 saturated heterocycles. The van der Waals surface area contributed by atoms with Gasteiger partial charge in [-0.1, -0.05) is 32.9 Å². The van der Waals surface area contributed by atoms with E-state index in [1.807, 2.05) is 34.5 Å². The lowest BCUT2D eigenvalue weighted by atomic mass is 9.81. The summed E-state index contributed by atoms with van der Waals surface area (Å²) < 4.78 is 0. The standard InChI is InChI=1S/C31H38N6O2S/c1-19(2)27-34-28(26-24-11-10-20(3)17-25(24)40-30(26)35-27)36-13-15-37(16-14-36)31(39)23-9-5-4-8-22(23)29(38)33-21-7-6-12-32-18-21/h4-7,12,18-20,22-23H,8-11,13-17H2,1-3H3,(H,33,38)/t20-,22+,23+/m1/s1. The molecule has 3 aliphatic rings. The van der Waals surface area contributed by atoms with Gasteiger partial charge in [0.25, 0.3) is 0 Å². The second kappa shape index (κ2) is 11.3. The van der Waals surface area contributed by atoms with Crippen LogP contribution in [0.5, 0.6) is 0 Å². The zero-order chi connectivity index (χ0) is 27.8. The van der Waals surface area contributed by atoms with E-state index in [0.717, 1.165) is 42.4 Å². The first-order valence-corrected chi connectivity index (χ1v) is 15.4. The van der Waals surface area contributed by atoms with Crippen LogP contribution < -0.4 is 10.2 Å². The number of anilines is 2. The first-order chi connectivity index (χ1) is 19.4. The number of carbonyl (C=O) groups is 2. The summed E-state index contributed by atoms with van der Waals surface area (Å²) in [7, 11) is 0. The van der Waals surface area contributed by atoms with Gasteiger partial charge in [-0.3, -0.25) is 14.6 Å². The average Bonchev–Trinajstić information content (AvgIpc) is 3.34. The van der Waals surface area contributed by atoms with Crippen LogP contribution in [0.4, 0.5) is 11.5 Å². The van der Waals surface area contributed by atoms with Crippen molar-refractivity contribution in [2.24, 2.45) is 17.8 Å². The maximum atomic E-state index is 13.8. The Morgan fingerprint density at radius 2 is 1.85 bits per heavy atom. The molecule has 8 nitrogen and oxygen atoms in total. The lowest BCUT2D eigenvalue weighted by Crippen LogP contribution is -2.52. The first kappa shape index (κ1) is 26.9. The number of pyridine rings is 1. The highest BCUT2D eigenvalue weighted by Gasteiger charge is 2.38. The topological polar surface area (TPSA) is 91.3 Å². The first-order valence-electron chi connectivity index (χ1n) is 14.6. The zero-order valence-electron chi connectivity index (χ0n) is 23.6. The van der Waals surface area contributed by atoms with Gasteiger partial charge in [0.05, 0.1) is 29.1 Å². The van der Waals surface area contributed by atoms with E-state index in [1.165, 1.54) is 22.2 Å². The van der Waals surface area contributed by atoms with Crippen molar-refractivity contribution < 1.29 is 9.59 Å². The fourth-order valence-electron chi connectivity index (χ4n) is 6.25. The van der Waals surface area contributed by atoms with E-state index in [4.69, 9.17) is 9.97 Å². The molecule has 2 amide bonds. The summed E-state index contributed by atoms with van der Waals surface area (Å²) >= 11 is 1.85. The molecule has 2 aliphatic carbocycles. The van der Waals surface area contributed by atoms with Crippen LogP contribution in [0.3, 0.4) is 0 Å². The number of aryl methyl sites for hydroxylation is 1. The maximum Gasteiger partial charge on any atom is 0.228 e. The Hall–Kier alpha value is -3.33. The minimum Gasteiger partial charge on any atom is -0.352 e. The van der Waals surface area contributed by atoms with Gasteiger partial charge in [-0.15, -0.1) is 11.3 Å². The van der Waals surface area contributed by atoms with Crippen LogP contribution in [-0.2, 0) is 22.4 Å². The fraction of sp³-hybridized carbons (Fsp3) is 0.516. The normalized spacial score (nSPS) is 22.9. The zero-order valence-corrected chi connectivity index (χ0v) is 24.4. The van der Waals surface area contributed by atoms with Crippen molar-refractivity contribution in [2.45, 2.75) is 58.8 Å². The van der Waals surface area contributed by atoms with Gasteiger partial charge in [0.2, 0.25) is 11.8 Å². The monoisotopic (exact) mass is 558 g/mol. The number of amides is 2. The summed E-state index contributed by atoms with van der Waals surface area (Å²) in [6.45, 7) is 9.35. The minimum atomic E-state index is -0.384. The number of hydrogen-bond donors (Lipinski definition) is 1. The number of thiophene rings is 1. The van der Waals surface area contributed by atoms with Crippen LogP contribution in [0.15, 0.2) is 36.7 Å². The van der Waals surface area contributed by atoms with E-state index in [2.05, 4.69) is 36.0 Å². The van der Waals surface area contributed by atoms with Crippen molar-refractivity contribution in [1.29, 1.82) is 0 Å². The highest BCUT2D eigenvalue weighted by molar-refractivity contribution is 7.19. The fourth-order valence-corrected chi connectivity index (χ4v) is 7.63. The van der Waals surface area contributed by atoms with Crippen molar-refractivity contribution in [3.63, 3.8) is 0 Å².